The highest BCUT2D eigenvalue weighted by atomic mass is 35.5. The number of rotatable bonds is 9. The highest BCUT2D eigenvalue weighted by Crippen LogP contribution is 2.42. The highest BCUT2D eigenvalue weighted by molar-refractivity contribution is 7.90. The van der Waals surface area contributed by atoms with Gasteiger partial charge < -0.3 is 4.90 Å². The van der Waals surface area contributed by atoms with E-state index < -0.39 is 39.6 Å². The van der Waals surface area contributed by atoms with E-state index in [1.54, 1.807) is 35.9 Å². The van der Waals surface area contributed by atoms with E-state index in [9.17, 15) is 40.8 Å². The largest absolute Gasteiger partial charge is 0.355 e. The van der Waals surface area contributed by atoms with Gasteiger partial charge in [0, 0.05) is 78.4 Å². The maximum absolute atomic E-state index is 14.1. The summed E-state index contributed by atoms with van der Waals surface area (Å²) < 4.78 is 80.0. The average molecular weight is 841 g/mol. The van der Waals surface area contributed by atoms with Gasteiger partial charge >= 0.3 is 0 Å². The van der Waals surface area contributed by atoms with Crippen LogP contribution in [0.25, 0.3) is 32.2 Å². The molecule has 7 rings (SSSR count). The summed E-state index contributed by atoms with van der Waals surface area (Å²) in [6.45, 7) is 2.82. The van der Waals surface area contributed by atoms with Gasteiger partial charge in [0.15, 0.2) is 0 Å². The number of likely N-dealkylation sites (tertiary alicyclic amines) is 1. The Morgan fingerprint density at radius 3 is 2.60 bits per heavy atom. The number of thiophene rings is 1. The summed E-state index contributed by atoms with van der Waals surface area (Å²) in [5.41, 5.74) is 1.48. The topological polar surface area (TPSA) is 154 Å². The lowest BCUT2D eigenvalue weighted by atomic mass is 9.85. The number of nitrogens with zero attached hydrogens (tertiary/aromatic N) is 7. The third-order valence-corrected chi connectivity index (χ3v) is 12.7. The summed E-state index contributed by atoms with van der Waals surface area (Å²) in [5.74, 6) is 1.56. The Kier molecular flexibility index (Phi) is 11.0. The van der Waals surface area contributed by atoms with Crippen molar-refractivity contribution in [2.24, 2.45) is 0 Å². The molecule has 19 heteroatoms. The lowest BCUT2D eigenvalue weighted by Crippen LogP contribution is -2.55. The maximum atomic E-state index is 14.1. The van der Waals surface area contributed by atoms with Crippen LogP contribution in [-0.4, -0.2) is 89.1 Å². The van der Waals surface area contributed by atoms with Gasteiger partial charge in [0.2, 0.25) is 10.0 Å². The predicted octanol–water partition coefficient (Wildman–Crippen LogP) is 5.98. The van der Waals surface area contributed by atoms with Crippen molar-refractivity contribution >= 4 is 65.8 Å². The first kappa shape index (κ1) is 40.1. The number of hydrogen-bond donors (Lipinski definition) is 1. The van der Waals surface area contributed by atoms with Gasteiger partial charge in [0.1, 0.15) is 29.0 Å². The van der Waals surface area contributed by atoms with E-state index in [1.165, 1.54) is 22.3 Å². The summed E-state index contributed by atoms with van der Waals surface area (Å²) in [7, 11) is -2.79. The van der Waals surface area contributed by atoms with Gasteiger partial charge in [0.25, 0.3) is 23.8 Å². The second-order valence-electron chi connectivity index (χ2n) is 14.0. The molecular formula is C38H33ClF4N8O4S2. The number of halogens is 5. The van der Waals surface area contributed by atoms with E-state index in [0.29, 0.717) is 64.0 Å². The number of carbonyl (C=O) groups excluding carboxylic acids is 1. The predicted molar refractivity (Wildman–Crippen MR) is 208 cm³/mol. The van der Waals surface area contributed by atoms with E-state index in [0.717, 1.165) is 11.3 Å². The van der Waals surface area contributed by atoms with Crippen LogP contribution < -0.4 is 15.2 Å². The Hall–Kier alpha value is -5.14. The first-order valence-corrected chi connectivity index (χ1v) is 20.6. The van der Waals surface area contributed by atoms with E-state index in [4.69, 9.17) is 11.6 Å². The molecule has 2 aliphatic rings. The first-order valence-electron chi connectivity index (χ1n) is 17.7. The number of carbonyl (C=O) groups is 1. The van der Waals surface area contributed by atoms with Crippen LogP contribution in [0.3, 0.4) is 0 Å². The third-order valence-electron chi connectivity index (χ3n) is 10.3. The van der Waals surface area contributed by atoms with Crippen LogP contribution in [-0.2, 0) is 16.6 Å². The molecule has 0 spiro atoms. The number of nitrogens with one attached hydrogen (secondary N) is 1. The summed E-state index contributed by atoms with van der Waals surface area (Å²) in [6.07, 6.45) is 0.826. The van der Waals surface area contributed by atoms with Gasteiger partial charge in [-0.05, 0) is 44.0 Å². The molecule has 1 N–H and O–H groups in total. The molecule has 2 fully saturated rings. The van der Waals surface area contributed by atoms with Crippen LogP contribution in [0, 0.1) is 30.1 Å². The van der Waals surface area contributed by atoms with Gasteiger partial charge in [-0.1, -0.05) is 23.4 Å². The summed E-state index contributed by atoms with van der Waals surface area (Å²) in [6, 6.07) is 8.65. The Balaban J connectivity index is 1.16. The number of fused-ring (bicyclic) bond motifs is 2. The highest BCUT2D eigenvalue weighted by Gasteiger charge is 2.48. The van der Waals surface area contributed by atoms with Crippen molar-refractivity contribution in [1.82, 2.24) is 29.1 Å². The Bertz CT molecular complexity index is 2690. The van der Waals surface area contributed by atoms with Crippen LogP contribution in [0.15, 0.2) is 46.8 Å². The molecule has 1 amide bonds. The molecule has 0 bridgehead atoms. The fourth-order valence-corrected chi connectivity index (χ4v) is 9.35. The second-order valence-corrected chi connectivity index (χ2v) is 17.0. The van der Waals surface area contributed by atoms with Crippen LogP contribution >= 0.6 is 22.9 Å². The lowest BCUT2D eigenvalue weighted by molar-refractivity contribution is -0.127. The molecule has 57 heavy (non-hydrogen) atoms. The van der Waals surface area contributed by atoms with Crippen molar-refractivity contribution in [2.45, 2.75) is 63.6 Å². The fraction of sp³-hybridized carbons (Fsp3) is 0.368. The van der Waals surface area contributed by atoms with Crippen LogP contribution in [0.2, 0.25) is 5.02 Å². The lowest BCUT2D eigenvalue weighted by Gasteiger charge is -2.46. The number of nitriles is 1. The van der Waals surface area contributed by atoms with Gasteiger partial charge in [-0.2, -0.15) is 5.26 Å². The minimum absolute atomic E-state index is 0.0207. The Morgan fingerprint density at radius 2 is 1.91 bits per heavy atom. The number of benzene rings is 1. The van der Waals surface area contributed by atoms with E-state index >= 15 is 0 Å². The van der Waals surface area contributed by atoms with Gasteiger partial charge in [-0.25, -0.2) is 40.7 Å². The summed E-state index contributed by atoms with van der Waals surface area (Å²) >= 11 is 7.49. The van der Waals surface area contributed by atoms with E-state index in [-0.39, 0.29) is 59.0 Å². The van der Waals surface area contributed by atoms with Crippen LogP contribution in [0.5, 0.6) is 0 Å². The minimum Gasteiger partial charge on any atom is -0.355 e. The Morgan fingerprint density at radius 1 is 1.18 bits per heavy atom. The molecule has 1 aromatic carbocycles. The third kappa shape index (κ3) is 8.18. The number of aromatic nitrogens is 4. The molecular weight excluding hydrogens is 808 g/mol. The van der Waals surface area contributed by atoms with Crippen molar-refractivity contribution in [3.05, 3.63) is 79.9 Å². The zero-order chi connectivity index (χ0) is 40.8. The Labute approximate surface area is 333 Å². The number of amides is 1. The summed E-state index contributed by atoms with van der Waals surface area (Å²) in [4.78, 5) is 44.2. The molecule has 0 atom stereocenters. The van der Waals surface area contributed by atoms with Crippen LogP contribution in [0.4, 0.5) is 23.4 Å². The number of sulfonamides is 1. The number of anilines is 1. The number of pyridine rings is 2. The number of alkyl halides is 4. The second kappa shape index (κ2) is 15.7. The minimum atomic E-state index is -4.60. The van der Waals surface area contributed by atoms with Gasteiger partial charge in [-0.15, -0.1) is 11.3 Å². The van der Waals surface area contributed by atoms with Crippen molar-refractivity contribution in [1.29, 1.82) is 5.26 Å². The standard InChI is InChI=1S/C38H33ClF4N8O4S2/c1-21-47-30-18-46-35(49(2)24-8-12-50(13-9-24)25-15-38(42,43)16-25)28(17-44)32(30)37(53)51(21)11-3-4-22-5-6-23(39)14-27(22)26-7-10-45-33-29(19-56-34(26)33)36(52)48-57(54,55)20-31(40)41/h5-7,10,14,18-19,24-25,31H,8-9,11-13,15-16,20H2,1-2H3,(H,48,52). The molecule has 0 radical (unpaired) electrons. The molecule has 5 heterocycles. The molecule has 1 aliphatic carbocycles. The molecule has 5 aromatic rings. The van der Waals surface area contributed by atoms with Crippen molar-refractivity contribution in [2.75, 3.05) is 30.8 Å². The smallest absolute Gasteiger partial charge is 0.267 e. The molecule has 12 nitrogen and oxygen atoms in total. The average Bonchev–Trinajstić information content (AvgIpc) is 3.59. The zero-order valence-corrected chi connectivity index (χ0v) is 32.8. The quantitative estimate of drug-likeness (QED) is 0.139. The molecule has 296 valence electrons. The molecule has 1 saturated carbocycles. The number of hydrogen-bond acceptors (Lipinski definition) is 11. The molecule has 4 aromatic heterocycles. The number of aryl methyl sites for hydroxylation is 1. The van der Waals surface area contributed by atoms with Gasteiger partial charge in [0.05, 0.1) is 39.4 Å². The fourth-order valence-electron chi connectivity index (χ4n) is 7.34. The summed E-state index contributed by atoms with van der Waals surface area (Å²) in [5, 5.41) is 12.2. The normalized spacial score (nSPS) is 16.3. The molecule has 0 unspecified atom stereocenters. The van der Waals surface area contributed by atoms with E-state index in [2.05, 4.69) is 37.8 Å². The first-order chi connectivity index (χ1) is 27.1. The maximum Gasteiger partial charge on any atom is 0.267 e. The van der Waals surface area contributed by atoms with E-state index in [1.807, 2.05) is 11.9 Å². The van der Waals surface area contributed by atoms with Gasteiger partial charge in [-0.3, -0.25) is 24.0 Å². The zero-order valence-electron chi connectivity index (χ0n) is 30.4. The monoisotopic (exact) mass is 840 g/mol. The number of piperidine rings is 1. The molecule has 1 aliphatic heterocycles. The van der Waals surface area contributed by atoms with Crippen molar-refractivity contribution < 1.29 is 30.8 Å². The SMILES string of the molecule is Cc1nc2cnc(N(C)C3CCN(C4CC(F)(F)C4)CC3)c(C#N)c2c(=O)n1CC#Cc1ccc(Cl)cc1-c1ccnc2c(C(=O)NS(=O)(=O)CC(F)F)csc12. The van der Waals surface area contributed by atoms with Crippen molar-refractivity contribution in [3.63, 3.8) is 0 Å². The molecule has 1 saturated heterocycles. The van der Waals surface area contributed by atoms with Crippen LogP contribution in [0.1, 0.15) is 53.0 Å². The van der Waals surface area contributed by atoms with Crippen molar-refractivity contribution in [3.8, 4) is 29.0 Å².